The number of nitrogens with one attached hydrogen (secondary N) is 1. The molecule has 0 bridgehead atoms. The van der Waals surface area contributed by atoms with Gasteiger partial charge in [0.2, 0.25) is 0 Å². The maximum absolute atomic E-state index is 10.9. The van der Waals surface area contributed by atoms with Crippen molar-refractivity contribution in [2.24, 2.45) is 5.41 Å². The molecule has 1 atom stereocenters. The molecule has 0 amide bonds. The number of carboxylic acids is 1. The first-order chi connectivity index (χ1) is 5.71. The molecule has 0 fully saturated rings. The standard InChI is InChI=1S/C10H21NO2/c1-6-10(5,8(12)13)11-7-9(2,3)4/h11H,6-7H2,1-5H3,(H,12,13)/t10-/m0/s1. The van der Waals surface area contributed by atoms with Crippen molar-refractivity contribution in [1.82, 2.24) is 5.32 Å². The molecular weight excluding hydrogens is 166 g/mol. The Kier molecular flexibility index (Phi) is 3.91. The predicted molar refractivity (Wildman–Crippen MR) is 53.8 cm³/mol. The number of hydrogen-bond donors (Lipinski definition) is 2. The van der Waals surface area contributed by atoms with E-state index in [1.807, 2.05) is 6.92 Å². The van der Waals surface area contributed by atoms with Crippen molar-refractivity contribution in [2.45, 2.75) is 46.6 Å². The van der Waals surface area contributed by atoms with Crippen LogP contribution in [0.1, 0.15) is 41.0 Å². The van der Waals surface area contributed by atoms with E-state index in [1.165, 1.54) is 0 Å². The molecule has 0 aromatic rings. The third-order valence-corrected chi connectivity index (χ3v) is 2.19. The highest BCUT2D eigenvalue weighted by Crippen LogP contribution is 2.15. The van der Waals surface area contributed by atoms with E-state index in [1.54, 1.807) is 6.92 Å². The second-order valence-corrected chi connectivity index (χ2v) is 4.91. The number of rotatable bonds is 4. The Morgan fingerprint density at radius 1 is 1.31 bits per heavy atom. The number of carbonyl (C=O) groups is 1. The zero-order chi connectivity index (χ0) is 10.7. The van der Waals surface area contributed by atoms with E-state index in [9.17, 15) is 4.79 Å². The second-order valence-electron chi connectivity index (χ2n) is 4.91. The van der Waals surface area contributed by atoms with Gasteiger partial charge in [0.15, 0.2) is 0 Å². The molecule has 3 nitrogen and oxygen atoms in total. The van der Waals surface area contributed by atoms with Crippen LogP contribution in [-0.2, 0) is 4.79 Å². The minimum absolute atomic E-state index is 0.117. The Morgan fingerprint density at radius 2 is 1.77 bits per heavy atom. The quantitative estimate of drug-likeness (QED) is 0.706. The highest BCUT2D eigenvalue weighted by atomic mass is 16.4. The van der Waals surface area contributed by atoms with Crippen molar-refractivity contribution < 1.29 is 9.90 Å². The smallest absolute Gasteiger partial charge is 0.323 e. The molecule has 0 saturated carbocycles. The van der Waals surface area contributed by atoms with Crippen molar-refractivity contribution in [3.63, 3.8) is 0 Å². The Morgan fingerprint density at radius 3 is 2.00 bits per heavy atom. The van der Waals surface area contributed by atoms with Gasteiger partial charge in [0, 0.05) is 6.54 Å². The lowest BCUT2D eigenvalue weighted by atomic mass is 9.93. The van der Waals surface area contributed by atoms with Crippen LogP contribution in [0.4, 0.5) is 0 Å². The molecule has 0 spiro atoms. The van der Waals surface area contributed by atoms with Gasteiger partial charge < -0.3 is 10.4 Å². The van der Waals surface area contributed by atoms with Crippen LogP contribution >= 0.6 is 0 Å². The Bertz CT molecular complexity index is 184. The van der Waals surface area contributed by atoms with Gasteiger partial charge in [-0.05, 0) is 18.8 Å². The van der Waals surface area contributed by atoms with Gasteiger partial charge in [0.25, 0.3) is 0 Å². The van der Waals surface area contributed by atoms with E-state index in [0.29, 0.717) is 13.0 Å². The van der Waals surface area contributed by atoms with Crippen molar-refractivity contribution in [1.29, 1.82) is 0 Å². The summed E-state index contributed by atoms with van der Waals surface area (Å²) < 4.78 is 0. The summed E-state index contributed by atoms with van der Waals surface area (Å²) in [6.45, 7) is 10.6. The summed E-state index contributed by atoms with van der Waals surface area (Å²) in [6.07, 6.45) is 0.596. The average Bonchev–Trinajstić information content (AvgIpc) is 1.98. The number of carboxylic acid groups (broad SMARTS) is 1. The molecule has 78 valence electrons. The molecule has 3 heteroatoms. The Hall–Kier alpha value is -0.570. The molecule has 0 aliphatic carbocycles. The summed E-state index contributed by atoms with van der Waals surface area (Å²) in [5.74, 6) is -0.778. The van der Waals surface area contributed by atoms with Gasteiger partial charge in [-0.2, -0.15) is 0 Å². The van der Waals surface area contributed by atoms with Gasteiger partial charge in [0.05, 0.1) is 0 Å². The lowest BCUT2D eigenvalue weighted by Gasteiger charge is -2.29. The molecule has 0 aliphatic rings. The van der Waals surface area contributed by atoms with Crippen LogP contribution in [-0.4, -0.2) is 23.2 Å². The largest absolute Gasteiger partial charge is 0.480 e. The molecule has 0 rings (SSSR count). The van der Waals surface area contributed by atoms with Gasteiger partial charge in [-0.3, -0.25) is 4.79 Å². The maximum Gasteiger partial charge on any atom is 0.323 e. The van der Waals surface area contributed by atoms with E-state index in [-0.39, 0.29) is 5.41 Å². The molecule has 0 radical (unpaired) electrons. The van der Waals surface area contributed by atoms with Crippen LogP contribution in [0, 0.1) is 5.41 Å². The lowest BCUT2D eigenvalue weighted by Crippen LogP contribution is -2.51. The van der Waals surface area contributed by atoms with Crippen LogP contribution in [0.15, 0.2) is 0 Å². The molecule has 0 aromatic carbocycles. The Labute approximate surface area is 80.5 Å². The normalized spacial score (nSPS) is 16.7. The third kappa shape index (κ3) is 4.27. The fraction of sp³-hybridized carbons (Fsp3) is 0.900. The molecule has 0 aliphatic heterocycles. The number of hydrogen-bond acceptors (Lipinski definition) is 2. The molecule has 0 unspecified atom stereocenters. The summed E-state index contributed by atoms with van der Waals surface area (Å²) in [7, 11) is 0. The van der Waals surface area contributed by atoms with E-state index in [2.05, 4.69) is 26.1 Å². The van der Waals surface area contributed by atoms with E-state index < -0.39 is 11.5 Å². The van der Waals surface area contributed by atoms with Gasteiger partial charge in [-0.1, -0.05) is 27.7 Å². The Balaban J connectivity index is 4.22. The number of aliphatic carboxylic acids is 1. The molecule has 0 heterocycles. The van der Waals surface area contributed by atoms with Crippen LogP contribution in [0.5, 0.6) is 0 Å². The summed E-state index contributed by atoms with van der Waals surface area (Å²) in [5.41, 5.74) is -0.668. The summed E-state index contributed by atoms with van der Waals surface area (Å²) >= 11 is 0. The first-order valence-electron chi connectivity index (χ1n) is 4.70. The molecule has 0 aromatic heterocycles. The minimum atomic E-state index is -0.784. The summed E-state index contributed by atoms with van der Waals surface area (Å²) in [4.78, 5) is 10.9. The van der Waals surface area contributed by atoms with Crippen molar-refractivity contribution in [3.05, 3.63) is 0 Å². The third-order valence-electron chi connectivity index (χ3n) is 2.19. The predicted octanol–water partition coefficient (Wildman–Crippen LogP) is 1.88. The van der Waals surface area contributed by atoms with E-state index in [0.717, 1.165) is 0 Å². The zero-order valence-corrected chi connectivity index (χ0v) is 9.27. The summed E-state index contributed by atoms with van der Waals surface area (Å²) in [5, 5.41) is 12.1. The minimum Gasteiger partial charge on any atom is -0.480 e. The van der Waals surface area contributed by atoms with Gasteiger partial charge in [-0.25, -0.2) is 0 Å². The highest BCUT2D eigenvalue weighted by molar-refractivity contribution is 5.78. The first kappa shape index (κ1) is 12.4. The van der Waals surface area contributed by atoms with E-state index in [4.69, 9.17) is 5.11 Å². The van der Waals surface area contributed by atoms with Crippen LogP contribution in [0.2, 0.25) is 0 Å². The second kappa shape index (κ2) is 4.09. The van der Waals surface area contributed by atoms with Crippen LogP contribution in [0.3, 0.4) is 0 Å². The van der Waals surface area contributed by atoms with Gasteiger partial charge >= 0.3 is 5.97 Å². The van der Waals surface area contributed by atoms with Crippen LogP contribution < -0.4 is 5.32 Å². The maximum atomic E-state index is 10.9. The highest BCUT2D eigenvalue weighted by Gasteiger charge is 2.31. The van der Waals surface area contributed by atoms with E-state index >= 15 is 0 Å². The fourth-order valence-electron chi connectivity index (χ4n) is 0.812. The monoisotopic (exact) mass is 187 g/mol. The molecule has 2 N–H and O–H groups in total. The molecule has 0 saturated heterocycles. The zero-order valence-electron chi connectivity index (χ0n) is 9.27. The topological polar surface area (TPSA) is 49.3 Å². The average molecular weight is 187 g/mol. The molecular formula is C10H21NO2. The first-order valence-corrected chi connectivity index (χ1v) is 4.70. The summed E-state index contributed by atoms with van der Waals surface area (Å²) in [6, 6.07) is 0. The van der Waals surface area contributed by atoms with Crippen molar-refractivity contribution in [2.75, 3.05) is 6.54 Å². The molecule has 13 heavy (non-hydrogen) atoms. The van der Waals surface area contributed by atoms with Gasteiger partial charge in [-0.15, -0.1) is 0 Å². The van der Waals surface area contributed by atoms with Crippen molar-refractivity contribution in [3.8, 4) is 0 Å². The SMILES string of the molecule is CC[C@](C)(NCC(C)(C)C)C(=O)O. The van der Waals surface area contributed by atoms with Crippen LogP contribution in [0.25, 0.3) is 0 Å². The fourth-order valence-corrected chi connectivity index (χ4v) is 0.812. The van der Waals surface area contributed by atoms with Crippen molar-refractivity contribution >= 4 is 5.97 Å². The van der Waals surface area contributed by atoms with Gasteiger partial charge in [0.1, 0.15) is 5.54 Å². The lowest BCUT2D eigenvalue weighted by molar-refractivity contribution is -0.144.